The van der Waals surface area contributed by atoms with E-state index in [1.165, 1.54) is 4.88 Å². The Morgan fingerprint density at radius 3 is 2.83 bits per heavy atom. The molecule has 1 fully saturated rings. The third kappa shape index (κ3) is 7.11. The van der Waals surface area contributed by atoms with E-state index in [2.05, 4.69) is 21.7 Å². The quantitative estimate of drug-likeness (QED) is 0.601. The standard InChI is InChI=1S/C17H27N3O3S/c1-2-5-18-17(22)12-20-8-6-19(7-9-20)11-15(21)13-23-14-16-4-3-10-24-16/h2-4,10,15,21H,1,5-9,11-14H2,(H,18,22)/t15-/m1/s1. The summed E-state index contributed by atoms with van der Waals surface area (Å²) in [7, 11) is 0. The van der Waals surface area contributed by atoms with Gasteiger partial charge in [-0.25, -0.2) is 0 Å². The Hall–Kier alpha value is -1.25. The number of thiophene rings is 1. The third-order valence-corrected chi connectivity index (χ3v) is 4.73. The molecule has 2 heterocycles. The van der Waals surface area contributed by atoms with Crippen molar-refractivity contribution in [3.8, 4) is 0 Å². The summed E-state index contributed by atoms with van der Waals surface area (Å²) in [5, 5.41) is 14.9. The second-order valence-corrected chi connectivity index (χ2v) is 6.95. The maximum Gasteiger partial charge on any atom is 0.234 e. The summed E-state index contributed by atoms with van der Waals surface area (Å²) in [6.45, 7) is 9.43. The fraction of sp³-hybridized carbons (Fsp3) is 0.588. The first-order valence-corrected chi connectivity index (χ1v) is 9.16. The molecule has 0 saturated carbocycles. The number of hydrogen-bond donors (Lipinski definition) is 2. The minimum Gasteiger partial charge on any atom is -0.389 e. The number of nitrogens with one attached hydrogen (secondary N) is 1. The molecular formula is C17H27N3O3S. The monoisotopic (exact) mass is 353 g/mol. The molecule has 1 atom stereocenters. The molecular weight excluding hydrogens is 326 g/mol. The molecule has 0 radical (unpaired) electrons. The van der Waals surface area contributed by atoms with Gasteiger partial charge in [-0.3, -0.25) is 14.6 Å². The normalized spacial score (nSPS) is 17.5. The molecule has 1 aromatic rings. The molecule has 0 bridgehead atoms. The summed E-state index contributed by atoms with van der Waals surface area (Å²) >= 11 is 1.66. The number of aliphatic hydroxyl groups is 1. The summed E-state index contributed by atoms with van der Waals surface area (Å²) in [5.41, 5.74) is 0. The highest BCUT2D eigenvalue weighted by Gasteiger charge is 2.20. The van der Waals surface area contributed by atoms with Crippen LogP contribution in [0.15, 0.2) is 30.2 Å². The first-order chi connectivity index (χ1) is 11.7. The Bertz CT molecular complexity index is 487. The van der Waals surface area contributed by atoms with Crippen molar-refractivity contribution in [3.05, 3.63) is 35.0 Å². The van der Waals surface area contributed by atoms with Crippen LogP contribution in [0.4, 0.5) is 0 Å². The van der Waals surface area contributed by atoms with Crippen molar-refractivity contribution in [1.29, 1.82) is 0 Å². The van der Waals surface area contributed by atoms with Crippen LogP contribution < -0.4 is 5.32 Å². The fourth-order valence-electron chi connectivity index (χ4n) is 2.62. The lowest BCUT2D eigenvalue weighted by atomic mass is 10.2. The van der Waals surface area contributed by atoms with Crippen LogP contribution in [0.1, 0.15) is 4.88 Å². The Morgan fingerprint density at radius 1 is 1.42 bits per heavy atom. The largest absolute Gasteiger partial charge is 0.389 e. The van der Waals surface area contributed by atoms with E-state index in [1.807, 2.05) is 17.5 Å². The molecule has 1 aliphatic heterocycles. The number of aliphatic hydroxyl groups excluding tert-OH is 1. The van der Waals surface area contributed by atoms with E-state index in [0.717, 1.165) is 26.2 Å². The molecule has 0 aliphatic carbocycles. The van der Waals surface area contributed by atoms with Crippen LogP contribution in [0.2, 0.25) is 0 Å². The Kier molecular flexibility index (Phi) is 8.41. The van der Waals surface area contributed by atoms with Crippen molar-refractivity contribution in [3.63, 3.8) is 0 Å². The fourth-order valence-corrected chi connectivity index (χ4v) is 3.26. The van der Waals surface area contributed by atoms with Gasteiger partial charge in [-0.15, -0.1) is 17.9 Å². The highest BCUT2D eigenvalue weighted by atomic mass is 32.1. The average Bonchev–Trinajstić information content (AvgIpc) is 3.08. The smallest absolute Gasteiger partial charge is 0.234 e. The molecule has 134 valence electrons. The second-order valence-electron chi connectivity index (χ2n) is 5.92. The number of hydrogen-bond acceptors (Lipinski definition) is 6. The molecule has 1 amide bonds. The topological polar surface area (TPSA) is 65.0 Å². The van der Waals surface area contributed by atoms with E-state index in [9.17, 15) is 9.90 Å². The summed E-state index contributed by atoms with van der Waals surface area (Å²) in [6.07, 6.45) is 1.20. The first kappa shape index (κ1) is 19.1. The third-order valence-electron chi connectivity index (χ3n) is 3.88. The van der Waals surface area contributed by atoms with E-state index >= 15 is 0 Å². The van der Waals surface area contributed by atoms with E-state index in [0.29, 0.717) is 32.8 Å². The number of piperazine rings is 1. The minimum atomic E-state index is -0.479. The van der Waals surface area contributed by atoms with Crippen molar-refractivity contribution in [1.82, 2.24) is 15.1 Å². The van der Waals surface area contributed by atoms with Gasteiger partial charge in [0.15, 0.2) is 0 Å². The Labute approximate surface area is 147 Å². The van der Waals surface area contributed by atoms with Gasteiger partial charge in [0, 0.05) is 44.1 Å². The number of carbonyl (C=O) groups excluding carboxylic acids is 1. The average molecular weight is 353 g/mol. The molecule has 6 nitrogen and oxygen atoms in total. The number of β-amino-alcohol motifs (C(OH)–C–C–N with tert-alkyl or cyclic N) is 1. The van der Waals surface area contributed by atoms with Crippen molar-refractivity contribution < 1.29 is 14.6 Å². The summed E-state index contributed by atoms with van der Waals surface area (Å²) < 4.78 is 5.55. The van der Waals surface area contributed by atoms with Gasteiger partial charge in [0.1, 0.15) is 0 Å². The van der Waals surface area contributed by atoms with Gasteiger partial charge >= 0.3 is 0 Å². The van der Waals surface area contributed by atoms with Crippen LogP contribution in [0.5, 0.6) is 0 Å². The number of amides is 1. The van der Waals surface area contributed by atoms with Gasteiger partial charge < -0.3 is 15.2 Å². The van der Waals surface area contributed by atoms with E-state index in [1.54, 1.807) is 17.4 Å². The van der Waals surface area contributed by atoms with Gasteiger partial charge in [0.05, 0.1) is 25.9 Å². The van der Waals surface area contributed by atoms with E-state index < -0.39 is 6.10 Å². The van der Waals surface area contributed by atoms with Crippen LogP contribution in [-0.2, 0) is 16.1 Å². The van der Waals surface area contributed by atoms with Gasteiger partial charge in [0.2, 0.25) is 5.91 Å². The molecule has 1 saturated heterocycles. The zero-order valence-electron chi connectivity index (χ0n) is 14.0. The van der Waals surface area contributed by atoms with Crippen molar-refractivity contribution >= 4 is 17.2 Å². The molecule has 1 aliphatic rings. The van der Waals surface area contributed by atoms with Gasteiger partial charge in [-0.2, -0.15) is 0 Å². The Balaban J connectivity index is 1.56. The van der Waals surface area contributed by atoms with Crippen LogP contribution >= 0.6 is 11.3 Å². The number of carbonyl (C=O) groups is 1. The van der Waals surface area contributed by atoms with E-state index in [-0.39, 0.29) is 5.91 Å². The summed E-state index contributed by atoms with van der Waals surface area (Å²) in [5.74, 6) is 0.0327. The van der Waals surface area contributed by atoms with Crippen molar-refractivity contribution in [2.75, 3.05) is 52.4 Å². The lowest BCUT2D eigenvalue weighted by Crippen LogP contribution is -2.51. The van der Waals surface area contributed by atoms with Crippen LogP contribution in [0.3, 0.4) is 0 Å². The molecule has 0 aromatic carbocycles. The van der Waals surface area contributed by atoms with Gasteiger partial charge in [0.25, 0.3) is 0 Å². The highest BCUT2D eigenvalue weighted by molar-refractivity contribution is 7.09. The zero-order valence-corrected chi connectivity index (χ0v) is 14.8. The van der Waals surface area contributed by atoms with Crippen molar-refractivity contribution in [2.45, 2.75) is 12.7 Å². The lowest BCUT2D eigenvalue weighted by molar-refractivity contribution is -0.122. The number of nitrogens with zero attached hydrogens (tertiary/aromatic N) is 2. The molecule has 24 heavy (non-hydrogen) atoms. The zero-order chi connectivity index (χ0) is 17.2. The molecule has 1 aromatic heterocycles. The van der Waals surface area contributed by atoms with Crippen LogP contribution in [0.25, 0.3) is 0 Å². The first-order valence-electron chi connectivity index (χ1n) is 8.28. The second kappa shape index (κ2) is 10.6. The minimum absolute atomic E-state index is 0.0327. The predicted octanol–water partition coefficient (Wildman–Crippen LogP) is 0.545. The number of ether oxygens (including phenoxy) is 1. The SMILES string of the molecule is C=CCNC(=O)CN1CCN(C[C@@H](O)COCc2cccs2)CC1. The maximum atomic E-state index is 11.7. The molecule has 2 N–H and O–H groups in total. The van der Waals surface area contributed by atoms with Crippen molar-refractivity contribution in [2.24, 2.45) is 0 Å². The molecule has 7 heteroatoms. The number of rotatable bonds is 10. The Morgan fingerprint density at radius 2 is 2.17 bits per heavy atom. The molecule has 0 unspecified atom stereocenters. The maximum absolute atomic E-state index is 11.7. The highest BCUT2D eigenvalue weighted by Crippen LogP contribution is 2.10. The molecule has 0 spiro atoms. The van der Waals surface area contributed by atoms with Gasteiger partial charge in [-0.1, -0.05) is 12.1 Å². The molecule has 2 rings (SSSR count). The predicted molar refractivity (Wildman–Crippen MR) is 96.1 cm³/mol. The summed E-state index contributed by atoms with van der Waals surface area (Å²) in [6, 6.07) is 4.03. The lowest BCUT2D eigenvalue weighted by Gasteiger charge is -2.35. The van der Waals surface area contributed by atoms with Crippen LogP contribution in [-0.4, -0.2) is 79.3 Å². The van der Waals surface area contributed by atoms with E-state index in [4.69, 9.17) is 4.74 Å². The summed E-state index contributed by atoms with van der Waals surface area (Å²) in [4.78, 5) is 17.2. The van der Waals surface area contributed by atoms with Crippen LogP contribution in [0, 0.1) is 0 Å². The van der Waals surface area contributed by atoms with Gasteiger partial charge in [-0.05, 0) is 11.4 Å².